The van der Waals surface area contributed by atoms with Crippen LogP contribution in [0.3, 0.4) is 0 Å². The number of rotatable bonds is 19. The maximum absolute atomic E-state index is 11.3. The Labute approximate surface area is 393 Å². The molecule has 13 heteroatoms. The van der Waals surface area contributed by atoms with E-state index >= 15 is 0 Å². The number of allylic oxidation sites excluding steroid dienone is 1. The number of nitrogens with one attached hydrogen (secondary N) is 1. The van der Waals surface area contributed by atoms with Crippen molar-refractivity contribution in [2.45, 2.75) is 133 Å². The molecule has 4 heterocycles. The van der Waals surface area contributed by atoms with Gasteiger partial charge in [-0.3, -0.25) is 0 Å². The van der Waals surface area contributed by atoms with Crippen LogP contribution in [0.4, 0.5) is 0 Å². The number of benzene rings is 2. The van der Waals surface area contributed by atoms with E-state index in [4.69, 9.17) is 20.2 Å². The molecular weight excluding hydrogens is 859 g/mol. The highest BCUT2D eigenvalue weighted by Gasteiger charge is 2.49. The number of hydrogen-bond acceptors (Lipinski definition) is 12. The molecule has 4 bridgehead atoms. The summed E-state index contributed by atoms with van der Waals surface area (Å²) in [6.45, 7) is 3.09. The summed E-state index contributed by atoms with van der Waals surface area (Å²) in [5.74, 6) is 5.18. The van der Waals surface area contributed by atoms with E-state index in [2.05, 4.69) is 23.5 Å². The number of aryl methyl sites for hydroxylation is 1. The first kappa shape index (κ1) is 48.5. The molecule has 1 unspecified atom stereocenters. The second-order valence-corrected chi connectivity index (χ2v) is 21.9. The molecule has 9 rings (SSSR count). The van der Waals surface area contributed by atoms with Gasteiger partial charge in [0.15, 0.2) is 17.6 Å². The Morgan fingerprint density at radius 3 is 2.75 bits per heavy atom. The number of nitrogens with two attached hydrogens (primary N) is 1. The van der Waals surface area contributed by atoms with Gasteiger partial charge in [0.25, 0.3) is 0 Å². The summed E-state index contributed by atoms with van der Waals surface area (Å²) >= 11 is 0. The van der Waals surface area contributed by atoms with Crippen molar-refractivity contribution in [2.24, 2.45) is 40.3 Å². The highest BCUT2D eigenvalue weighted by Crippen LogP contribution is 2.49. The Balaban J connectivity index is 0.779. The first-order valence-corrected chi connectivity index (χ1v) is 26.8. The summed E-state index contributed by atoms with van der Waals surface area (Å²) in [6.07, 6.45) is 20.3. The molecule has 0 spiro atoms. The maximum atomic E-state index is 11.3. The molecule has 10 atom stereocenters. The van der Waals surface area contributed by atoms with E-state index in [0.717, 1.165) is 115 Å². The van der Waals surface area contributed by atoms with Gasteiger partial charge in [0.1, 0.15) is 30.4 Å². The SMILES string of the molecule is C[C@H](O)CNC[C@H]1[C+]2C=C([C@@H](O)COc3cc(CC[C-]4C=C(CO)C(CCCCC[C@H]5CSSCc6c(CO)ccc7c6C=C[C@@H](C[C@H]5N)[C@H]7O)[OH+]4)ccc3O)N=C2CC[C@H]2CCC[C@@H]21. The van der Waals surface area contributed by atoms with Crippen molar-refractivity contribution in [3.05, 3.63) is 99.7 Å². The van der Waals surface area contributed by atoms with Crippen LogP contribution >= 0.6 is 21.6 Å². The molecule has 2 aromatic rings. The van der Waals surface area contributed by atoms with E-state index in [1.54, 1.807) is 23.8 Å². The Kier molecular flexibility index (Phi) is 17.1. The lowest BCUT2D eigenvalue weighted by Gasteiger charge is -2.33. The molecule has 11 nitrogen and oxygen atoms in total. The van der Waals surface area contributed by atoms with E-state index in [9.17, 15) is 30.6 Å². The Morgan fingerprint density at radius 2 is 1.92 bits per heavy atom. The van der Waals surface area contributed by atoms with Gasteiger partial charge in [-0.25, -0.2) is 0 Å². The second-order valence-electron chi connectivity index (χ2n) is 19.4. The van der Waals surface area contributed by atoms with Crippen LogP contribution in [-0.2, 0) is 18.8 Å². The minimum absolute atomic E-state index is 0.00743. The minimum Gasteiger partial charge on any atom is -0.504 e. The molecule has 2 fully saturated rings. The van der Waals surface area contributed by atoms with Gasteiger partial charge in [0.05, 0.1) is 30.8 Å². The molecule has 10 N–H and O–H groups in total. The van der Waals surface area contributed by atoms with E-state index < -0.39 is 18.3 Å². The number of hydrogen-bond donors (Lipinski definition) is 8. The monoisotopic (exact) mass is 930 g/mol. The quantitative estimate of drug-likeness (QED) is 0.0308. The summed E-state index contributed by atoms with van der Waals surface area (Å²) < 4.78 is 11.1. The van der Waals surface area contributed by atoms with Gasteiger partial charge in [-0.2, -0.15) is 0 Å². The molecule has 0 saturated heterocycles. The molecule has 0 amide bonds. The maximum Gasteiger partial charge on any atom is 0.208 e. The topological polar surface area (TPSA) is 194 Å². The van der Waals surface area contributed by atoms with Crippen LogP contribution in [0, 0.1) is 41.6 Å². The number of unbranched alkanes of at least 4 members (excludes halogenated alkanes) is 2. The largest absolute Gasteiger partial charge is 0.504 e. The fraction of sp³-hybridized carbons (Fsp3) is 0.596. The molecule has 0 radical (unpaired) electrons. The molecule has 7 aliphatic rings. The van der Waals surface area contributed by atoms with Crippen molar-refractivity contribution < 1.29 is 40.1 Å². The Hall–Kier alpha value is -2.95. The zero-order chi connectivity index (χ0) is 45.5. The zero-order valence-corrected chi connectivity index (χ0v) is 39.6. The van der Waals surface area contributed by atoms with Crippen LogP contribution in [-0.4, -0.2) is 97.5 Å². The van der Waals surface area contributed by atoms with Gasteiger partial charge in [0.2, 0.25) is 5.70 Å². The average molecular weight is 931 g/mol. The third-order valence-electron chi connectivity index (χ3n) is 15.0. The van der Waals surface area contributed by atoms with Gasteiger partial charge in [0, 0.05) is 56.0 Å². The van der Waals surface area contributed by atoms with E-state index in [1.165, 1.54) is 25.2 Å². The average Bonchev–Trinajstić information content (AvgIpc) is 4.04. The predicted octanol–water partition coefficient (Wildman–Crippen LogP) is 7.18. The number of nitrogens with zero attached hydrogens (tertiary/aromatic N) is 1. The van der Waals surface area contributed by atoms with Crippen LogP contribution < -0.4 is 15.8 Å². The van der Waals surface area contributed by atoms with Crippen LogP contribution in [0.15, 0.2) is 64.8 Å². The molecule has 2 aromatic carbocycles. The molecule has 0 aromatic heterocycles. The molecule has 2 saturated carbocycles. The number of phenolic OH excluding ortho intramolecular Hbond substituents is 1. The number of aromatic hydroxyl groups is 1. The van der Waals surface area contributed by atoms with Crippen LogP contribution in [0.25, 0.3) is 6.08 Å². The summed E-state index contributed by atoms with van der Waals surface area (Å²) in [6, 6.07) is 9.28. The van der Waals surface area contributed by atoms with Gasteiger partial charge in [-0.05, 0) is 110 Å². The van der Waals surface area contributed by atoms with E-state index in [0.29, 0.717) is 54.5 Å². The van der Waals surface area contributed by atoms with Crippen molar-refractivity contribution in [2.75, 3.05) is 32.1 Å². The van der Waals surface area contributed by atoms with Crippen molar-refractivity contribution >= 4 is 33.4 Å². The third-order valence-corrected chi connectivity index (χ3v) is 17.4. The van der Waals surface area contributed by atoms with Crippen LogP contribution in [0.5, 0.6) is 11.5 Å². The summed E-state index contributed by atoms with van der Waals surface area (Å²) in [7, 11) is 3.67. The van der Waals surface area contributed by atoms with Crippen molar-refractivity contribution in [1.29, 1.82) is 0 Å². The minimum atomic E-state index is -0.942. The molecule has 4 aliphatic heterocycles. The van der Waals surface area contributed by atoms with E-state index in [1.807, 2.05) is 41.1 Å². The smallest absolute Gasteiger partial charge is 0.208 e. The highest BCUT2D eigenvalue weighted by atomic mass is 33.1. The van der Waals surface area contributed by atoms with Gasteiger partial charge >= 0.3 is 0 Å². The first-order valence-electron chi connectivity index (χ1n) is 24.3. The summed E-state index contributed by atoms with van der Waals surface area (Å²) in [5.41, 5.74) is 14.6. The molecule has 65 heavy (non-hydrogen) atoms. The molecule has 3 aliphatic carbocycles. The normalized spacial score (nSPS) is 28.4. The highest BCUT2D eigenvalue weighted by molar-refractivity contribution is 8.76. The van der Waals surface area contributed by atoms with Crippen molar-refractivity contribution in [1.82, 2.24) is 5.32 Å². The third kappa shape index (κ3) is 11.8. The van der Waals surface area contributed by atoms with Crippen LogP contribution in [0.1, 0.15) is 118 Å². The van der Waals surface area contributed by atoms with Gasteiger partial charge in [-0.15, -0.1) is 16.6 Å². The number of aliphatic imine (C=N–C) groups is 1. The lowest BCUT2D eigenvalue weighted by Crippen LogP contribution is -2.36. The fourth-order valence-electron chi connectivity index (χ4n) is 11.3. The fourth-order valence-corrected chi connectivity index (χ4v) is 13.9. The summed E-state index contributed by atoms with van der Waals surface area (Å²) in [5, 5.41) is 67.0. The molecular formula is C52H72N3O8S2+. The Morgan fingerprint density at radius 1 is 1.06 bits per heavy atom. The second kappa shape index (κ2) is 22.9. The number of phenols is 1. The Bertz CT molecular complexity index is 2040. The lowest BCUT2D eigenvalue weighted by molar-refractivity contribution is -0.0552. The first-order chi connectivity index (χ1) is 31.6. The molecule has 354 valence electrons. The number of ether oxygens (including phenoxy) is 2. The zero-order valence-electron chi connectivity index (χ0n) is 38.0. The lowest BCUT2D eigenvalue weighted by atomic mass is 9.77. The standard InChI is InChI=1S/C52H71N3O8S2/c1-31(58)24-54-25-43-39-8-5-7-33(39)14-18-46-42(43)23-47(55-46)49(60)28-62-51-20-32(11-19-48(51)59)10-15-38-21-37(27-57)50(63-38)9-4-2-3-6-36-29-64-65-30-44-35(26-56)13-17-41-40(44)16-12-34(52(41)61)22-45(36)53/h11-13,16-17,19-21,23,31,33-34,36,39,43,45,49-50,52,54,56-58,60-61,63H,2-10,14-15,18,22,24-30,53H2,1H3/p+1/t31-,33+,34-,36-,39-,43+,45+,49-,50?,52+/m0/s1. The number of aliphatic hydroxyl groups is 7. The van der Waals surface area contributed by atoms with E-state index in [-0.39, 0.29) is 43.6 Å². The van der Waals surface area contributed by atoms with Crippen LogP contribution in [0.2, 0.25) is 0 Å². The van der Waals surface area contributed by atoms with Gasteiger partial charge < -0.3 is 51.2 Å². The number of fused-ring (bicyclic) bond motifs is 8. The predicted molar refractivity (Wildman–Crippen MR) is 262 cm³/mol. The van der Waals surface area contributed by atoms with Crippen molar-refractivity contribution in [3.63, 3.8) is 0 Å². The van der Waals surface area contributed by atoms with Gasteiger partial charge in [-0.1, -0.05) is 77.6 Å². The van der Waals surface area contributed by atoms with Crippen molar-refractivity contribution in [3.8, 4) is 11.5 Å². The number of aliphatic hydroxyl groups excluding tert-OH is 5. The summed E-state index contributed by atoms with van der Waals surface area (Å²) in [4.78, 5) is 4.93.